The van der Waals surface area contributed by atoms with Crippen molar-refractivity contribution in [2.45, 2.75) is 19.3 Å². The maximum absolute atomic E-state index is 4.56. The van der Waals surface area contributed by atoms with Crippen LogP contribution in [0.2, 0.25) is 0 Å². The zero-order valence-corrected chi connectivity index (χ0v) is 18.3. The highest BCUT2D eigenvalue weighted by Gasteiger charge is 2.35. The molecule has 0 radical (unpaired) electrons. The average molecular weight is 487 g/mol. The summed E-state index contributed by atoms with van der Waals surface area (Å²) in [5.74, 6) is 0.884. The lowest BCUT2D eigenvalue weighted by molar-refractivity contribution is 0.660. The summed E-state index contributed by atoms with van der Waals surface area (Å²) in [6.07, 6.45) is 2.07. The zero-order valence-electron chi connectivity index (χ0n) is 16.1. The van der Waals surface area contributed by atoms with Gasteiger partial charge in [-0.25, -0.2) is 0 Å². The fraction of sp³-hybridized carbons (Fsp3) is 0.120. The van der Waals surface area contributed by atoms with Gasteiger partial charge in [0.1, 0.15) is 0 Å². The van der Waals surface area contributed by atoms with E-state index in [9.17, 15) is 0 Å². The molecule has 4 heteroatoms. The molecular weight excluding hydrogens is 469 g/mol. The van der Waals surface area contributed by atoms with Gasteiger partial charge in [0.05, 0.1) is 0 Å². The summed E-state index contributed by atoms with van der Waals surface area (Å²) in [5, 5.41) is 11.4. The standard InChI is InChI=1S/C25H18IN3/c1-25(2)21-13-16(7-9-19(21)20-10-8-17(26)14-22(20)25)23-27-28-24-18-6-4-3-5-15(18)11-12-29(23)24/h3-14H,1-2H3. The molecule has 3 nitrogen and oxygen atoms in total. The molecule has 1 aliphatic carbocycles. The number of halogens is 1. The highest BCUT2D eigenvalue weighted by atomic mass is 127. The van der Waals surface area contributed by atoms with Crippen LogP contribution in [0.15, 0.2) is 72.9 Å². The molecule has 0 aliphatic heterocycles. The van der Waals surface area contributed by atoms with Crippen LogP contribution >= 0.6 is 22.6 Å². The van der Waals surface area contributed by atoms with E-state index in [-0.39, 0.29) is 5.41 Å². The fourth-order valence-corrected chi connectivity index (χ4v) is 5.15. The molecule has 140 valence electrons. The molecule has 0 bridgehead atoms. The van der Waals surface area contributed by atoms with E-state index >= 15 is 0 Å². The lowest BCUT2D eigenvalue weighted by Crippen LogP contribution is -2.15. The molecule has 5 aromatic rings. The van der Waals surface area contributed by atoms with Crippen molar-refractivity contribution in [2.24, 2.45) is 0 Å². The molecule has 1 aliphatic rings. The predicted octanol–water partition coefficient (Wildman–Crippen LogP) is 6.46. The van der Waals surface area contributed by atoms with E-state index in [1.54, 1.807) is 0 Å². The van der Waals surface area contributed by atoms with E-state index in [4.69, 9.17) is 0 Å². The van der Waals surface area contributed by atoms with Crippen molar-refractivity contribution >= 4 is 39.0 Å². The van der Waals surface area contributed by atoms with E-state index in [0.717, 1.165) is 22.4 Å². The van der Waals surface area contributed by atoms with Gasteiger partial charge in [0, 0.05) is 26.1 Å². The first-order valence-corrected chi connectivity index (χ1v) is 10.8. The smallest absolute Gasteiger partial charge is 0.168 e. The summed E-state index contributed by atoms with van der Waals surface area (Å²) in [7, 11) is 0. The Labute approximate surface area is 182 Å². The molecule has 0 fully saturated rings. The second-order valence-corrected chi connectivity index (χ2v) is 9.44. The predicted molar refractivity (Wildman–Crippen MR) is 126 cm³/mol. The third-order valence-corrected chi connectivity index (χ3v) is 6.87. The Hall–Kier alpha value is -2.73. The van der Waals surface area contributed by atoms with Crippen LogP contribution in [0.3, 0.4) is 0 Å². The quantitative estimate of drug-likeness (QED) is 0.254. The Morgan fingerprint density at radius 1 is 0.828 bits per heavy atom. The molecule has 0 amide bonds. The number of aromatic nitrogens is 3. The van der Waals surface area contributed by atoms with Gasteiger partial charge in [0.15, 0.2) is 11.5 Å². The molecule has 0 saturated carbocycles. The van der Waals surface area contributed by atoms with Gasteiger partial charge in [-0.2, -0.15) is 0 Å². The minimum Gasteiger partial charge on any atom is -0.282 e. The largest absolute Gasteiger partial charge is 0.282 e. The summed E-state index contributed by atoms with van der Waals surface area (Å²) in [4.78, 5) is 0. The lowest BCUT2D eigenvalue weighted by atomic mass is 9.82. The Bertz CT molecular complexity index is 1450. The van der Waals surface area contributed by atoms with Gasteiger partial charge in [0.2, 0.25) is 0 Å². The van der Waals surface area contributed by atoms with Crippen molar-refractivity contribution < 1.29 is 0 Å². The highest BCUT2D eigenvalue weighted by Crippen LogP contribution is 2.49. The molecule has 0 atom stereocenters. The Morgan fingerprint density at radius 2 is 1.59 bits per heavy atom. The fourth-order valence-electron chi connectivity index (χ4n) is 4.66. The van der Waals surface area contributed by atoms with Crippen molar-refractivity contribution in [3.05, 3.63) is 87.6 Å². The maximum atomic E-state index is 4.56. The van der Waals surface area contributed by atoms with Gasteiger partial charge in [-0.15, -0.1) is 10.2 Å². The number of nitrogens with zero attached hydrogens (tertiary/aromatic N) is 3. The molecule has 0 spiro atoms. The average Bonchev–Trinajstić information content (AvgIpc) is 3.26. The summed E-state index contributed by atoms with van der Waals surface area (Å²) >= 11 is 2.40. The number of hydrogen-bond donors (Lipinski definition) is 0. The highest BCUT2D eigenvalue weighted by molar-refractivity contribution is 14.1. The topological polar surface area (TPSA) is 30.2 Å². The summed E-state index contributed by atoms with van der Waals surface area (Å²) in [6, 6.07) is 23.9. The SMILES string of the molecule is CC1(C)c2cc(I)ccc2-c2ccc(-c3nnc4c5ccccc5ccn34)cc21. The van der Waals surface area contributed by atoms with Gasteiger partial charge in [-0.3, -0.25) is 4.40 Å². The number of rotatable bonds is 1. The van der Waals surface area contributed by atoms with Gasteiger partial charge >= 0.3 is 0 Å². The molecular formula is C25H18IN3. The number of benzene rings is 3. The van der Waals surface area contributed by atoms with E-state index in [0.29, 0.717) is 0 Å². The first kappa shape index (κ1) is 17.2. The second kappa shape index (κ2) is 5.89. The van der Waals surface area contributed by atoms with Crippen LogP contribution in [0.25, 0.3) is 38.9 Å². The Balaban J connectivity index is 1.57. The van der Waals surface area contributed by atoms with E-state index < -0.39 is 0 Å². The van der Waals surface area contributed by atoms with Crippen molar-refractivity contribution in [3.63, 3.8) is 0 Å². The van der Waals surface area contributed by atoms with Crippen LogP contribution in [-0.2, 0) is 5.41 Å². The van der Waals surface area contributed by atoms with Crippen molar-refractivity contribution in [2.75, 3.05) is 0 Å². The van der Waals surface area contributed by atoms with Crippen LogP contribution in [0.4, 0.5) is 0 Å². The Morgan fingerprint density at radius 3 is 2.45 bits per heavy atom. The second-order valence-electron chi connectivity index (χ2n) is 8.20. The first-order valence-electron chi connectivity index (χ1n) is 9.72. The van der Waals surface area contributed by atoms with E-state index in [1.807, 2.05) is 6.07 Å². The number of fused-ring (bicyclic) bond motifs is 6. The van der Waals surface area contributed by atoms with Crippen LogP contribution in [0, 0.1) is 3.57 Å². The Kier molecular flexibility index (Phi) is 3.48. The summed E-state index contributed by atoms with van der Waals surface area (Å²) in [5.41, 5.74) is 7.38. The third-order valence-electron chi connectivity index (χ3n) is 6.20. The minimum absolute atomic E-state index is 0.0327. The van der Waals surface area contributed by atoms with Crippen LogP contribution < -0.4 is 0 Å². The molecule has 3 aromatic carbocycles. The molecule has 0 N–H and O–H groups in total. The molecule has 6 rings (SSSR count). The normalized spacial score (nSPS) is 14.3. The van der Waals surface area contributed by atoms with Gasteiger partial charge in [-0.1, -0.05) is 56.3 Å². The van der Waals surface area contributed by atoms with Crippen molar-refractivity contribution in [1.82, 2.24) is 14.6 Å². The number of pyridine rings is 1. The molecule has 2 aromatic heterocycles. The molecule has 0 saturated heterocycles. The first-order chi connectivity index (χ1) is 14.0. The summed E-state index contributed by atoms with van der Waals surface area (Å²) < 4.78 is 3.38. The molecule has 0 unspecified atom stereocenters. The monoisotopic (exact) mass is 487 g/mol. The summed E-state index contributed by atoms with van der Waals surface area (Å²) in [6.45, 7) is 4.62. The van der Waals surface area contributed by atoms with Crippen LogP contribution in [0.1, 0.15) is 25.0 Å². The van der Waals surface area contributed by atoms with Crippen LogP contribution in [0.5, 0.6) is 0 Å². The lowest BCUT2D eigenvalue weighted by Gasteiger charge is -2.22. The number of hydrogen-bond acceptors (Lipinski definition) is 2. The third kappa shape index (κ3) is 2.35. The van der Waals surface area contributed by atoms with Crippen molar-refractivity contribution in [3.8, 4) is 22.5 Å². The maximum Gasteiger partial charge on any atom is 0.168 e. The van der Waals surface area contributed by atoms with E-state index in [2.05, 4.69) is 118 Å². The molecule has 29 heavy (non-hydrogen) atoms. The molecule has 2 heterocycles. The van der Waals surface area contributed by atoms with Gasteiger partial charge in [-0.05, 0) is 74.5 Å². The van der Waals surface area contributed by atoms with Crippen molar-refractivity contribution in [1.29, 1.82) is 0 Å². The van der Waals surface area contributed by atoms with Gasteiger partial charge < -0.3 is 0 Å². The van der Waals surface area contributed by atoms with Gasteiger partial charge in [0.25, 0.3) is 0 Å². The zero-order chi connectivity index (χ0) is 19.8. The van der Waals surface area contributed by atoms with Crippen LogP contribution in [-0.4, -0.2) is 14.6 Å². The van der Waals surface area contributed by atoms with E-state index in [1.165, 1.54) is 31.2 Å². The minimum atomic E-state index is -0.0327.